The summed E-state index contributed by atoms with van der Waals surface area (Å²) in [5.41, 5.74) is 22.6. The maximum atomic E-state index is 12.0. The first-order chi connectivity index (χ1) is 40.6. The number of aromatic amines is 1. The second-order valence-corrected chi connectivity index (χ2v) is 22.3. The number of rotatable bonds is 9. The molecule has 12 radical (unpaired) electrons. The predicted molar refractivity (Wildman–Crippen MR) is 381 cm³/mol. The highest BCUT2D eigenvalue weighted by Crippen LogP contribution is 2.38. The molecule has 28 heteroatoms. The normalized spacial score (nSPS) is 9.99. The van der Waals surface area contributed by atoms with E-state index in [4.69, 9.17) is 119 Å². The van der Waals surface area contributed by atoms with E-state index in [-0.39, 0.29) is 24.3 Å². The van der Waals surface area contributed by atoms with Crippen LogP contribution in [0.2, 0.25) is 40.2 Å². The lowest BCUT2D eigenvalue weighted by atomic mass is 9.40. The third kappa shape index (κ3) is 22.2. The molecular weight excluding hydrogens is 1360 g/mol. The summed E-state index contributed by atoms with van der Waals surface area (Å²) in [6, 6.07) is 27.8. The number of hydrogen-bond donors (Lipinski definition) is 5. The molecule has 86 heavy (non-hydrogen) atoms. The smallest absolute Gasteiger partial charge is 0.423 e. The topological polar surface area (TPSA) is 193 Å². The molecule has 6 heterocycles. The first kappa shape index (κ1) is 75.2. The van der Waals surface area contributed by atoms with Crippen LogP contribution in [0.5, 0.6) is 0 Å². The van der Waals surface area contributed by atoms with Crippen molar-refractivity contribution in [3.63, 3.8) is 0 Å². The summed E-state index contributed by atoms with van der Waals surface area (Å²) in [5.74, 6) is 0. The third-order valence-corrected chi connectivity index (χ3v) is 14.7. The molecule has 6 aromatic heterocycles. The lowest BCUT2D eigenvalue weighted by molar-refractivity contribution is 0.426. The molecule has 7 N–H and O–H groups in total. The molecule has 4 aromatic carbocycles. The van der Waals surface area contributed by atoms with Crippen LogP contribution in [0.25, 0.3) is 55.2 Å². The van der Waals surface area contributed by atoms with Gasteiger partial charge in [0.25, 0.3) is 0 Å². The number of hydrogen-bond acceptors (Lipinski definition) is 11. The average molecular weight is 1410 g/mol. The first-order valence-corrected chi connectivity index (χ1v) is 29.5. The van der Waals surface area contributed by atoms with Crippen molar-refractivity contribution in [2.75, 3.05) is 29.5 Å². The van der Waals surface area contributed by atoms with Crippen LogP contribution in [0.3, 0.4) is 0 Å². The van der Waals surface area contributed by atoms with Gasteiger partial charge in [-0.25, -0.2) is 0 Å². The fraction of sp³-hybridized carbons (Fsp3) is 0.138. The molecule has 0 unspecified atom stereocenters. The molecule has 0 aliphatic heterocycles. The van der Waals surface area contributed by atoms with Gasteiger partial charge >= 0.3 is 7.12 Å². The minimum atomic E-state index is -1.54. The van der Waals surface area contributed by atoms with Crippen LogP contribution in [0.4, 0.5) is 17.1 Å². The van der Waals surface area contributed by atoms with Gasteiger partial charge in [0.05, 0.1) is 35.1 Å². The SMILES string of the molecule is CCCN(CCC)c1cc(C)nc2c(-c3ccc(Cl)cc3Cl)cncc12.Cc1cc(=O)c2cncc(-c3ccc(Cl)cc3Cl)c2[nH]1.Nc1ccncc1-c1ccc(Cl)cc1Cl.Nc1ccncc1I.OB(O)c1ccc(Cl)cc1Cl.[B].[B][B].[B][B][B]. The number of benzene rings is 4. The Balaban J connectivity index is 0.000000288. The van der Waals surface area contributed by atoms with Crippen molar-refractivity contribution in [1.82, 2.24) is 29.9 Å². The number of halogens is 9. The second kappa shape index (κ2) is 38.4. The minimum absolute atomic E-state index is 0. The Morgan fingerprint density at radius 2 is 1.02 bits per heavy atom. The van der Waals surface area contributed by atoms with Crippen molar-refractivity contribution in [2.24, 2.45) is 0 Å². The largest absolute Gasteiger partial charge is 0.489 e. The van der Waals surface area contributed by atoms with E-state index in [9.17, 15) is 4.79 Å². The van der Waals surface area contributed by atoms with Crippen molar-refractivity contribution < 1.29 is 10.0 Å². The number of H-pyrrole nitrogens is 1. The van der Waals surface area contributed by atoms with Gasteiger partial charge in [0.1, 0.15) is 0 Å². The zero-order valence-corrected chi connectivity index (χ0v) is 55.0. The van der Waals surface area contributed by atoms with E-state index in [1.807, 2.05) is 50.5 Å². The molecule has 12 nitrogen and oxygen atoms in total. The number of nitrogens with zero attached hydrogens (tertiary/aromatic N) is 6. The van der Waals surface area contributed by atoms with Crippen LogP contribution in [0.1, 0.15) is 38.1 Å². The molecule has 0 amide bonds. The Hall–Kier alpha value is -5.08. The number of nitrogen functional groups attached to an aromatic ring is 2. The van der Waals surface area contributed by atoms with Gasteiger partial charge < -0.3 is 31.4 Å². The summed E-state index contributed by atoms with van der Waals surface area (Å²) < 4.78 is 1.00. The summed E-state index contributed by atoms with van der Waals surface area (Å²) >= 11 is 49.9. The average Bonchev–Trinajstić information content (AvgIpc) is 2.43. The number of nitrogens with one attached hydrogen (secondary N) is 1. The van der Waals surface area contributed by atoms with Crippen LogP contribution in [-0.4, -0.2) is 107 Å². The monoisotopic (exact) mass is 1410 g/mol. The molecule has 10 aromatic rings. The molecule has 0 aliphatic rings. The highest BCUT2D eigenvalue weighted by atomic mass is 127. The van der Waals surface area contributed by atoms with Gasteiger partial charge in [-0.1, -0.05) is 131 Å². The molecule has 0 spiro atoms. The van der Waals surface area contributed by atoms with Crippen LogP contribution in [0, 0.1) is 17.4 Å². The molecule has 10 rings (SSSR count). The quantitative estimate of drug-likeness (QED) is 0.0682. The molecule has 430 valence electrons. The van der Waals surface area contributed by atoms with E-state index in [2.05, 4.69) is 103 Å². The fourth-order valence-corrected chi connectivity index (χ4v) is 10.3. The van der Waals surface area contributed by atoms with Crippen molar-refractivity contribution in [3.05, 3.63) is 212 Å². The number of aromatic nitrogens is 6. The Morgan fingerprint density at radius 3 is 1.48 bits per heavy atom. The standard InChI is InChI=1S/C21H23Cl2N3.C15H10Cl2N2O.C11H8Cl2N2.C6H5BCl2O2.C5H5IN2.B3.B2.B/c1-4-8-26(9-5-2)20-10-14(3)25-21-17(12-24-13-18(20)21)16-7-6-15(22)11-19(16)23;1-8-4-14(20)12-7-18-6-11(15(12)19-8)10-3-2-9(16)5-13(10)17;12-7-1-2-8(10(13)5-7)9-6-15-4-3-11(9)14;8-4-1-2-5(7(10)11)6(9)3-4;6-4-3-8-2-1-5(4)7;1-3-2;1-2;/h6-7,10-13H,4-5,8-9H2,1-3H3;2-7H,1H3,(H,19,20);1-6H,(H2,14,15);1-3,10-11H;1-3H,(H2,7,8);;;. The Bertz CT molecular complexity index is 3840. The lowest BCUT2D eigenvalue weighted by Gasteiger charge is -2.26. The van der Waals surface area contributed by atoms with Crippen LogP contribution in [-0.2, 0) is 0 Å². The molecule has 0 saturated heterocycles. The van der Waals surface area contributed by atoms with Crippen molar-refractivity contribution >= 4 is 213 Å². The zero-order chi connectivity index (χ0) is 62.9. The van der Waals surface area contributed by atoms with Gasteiger partial charge in [0.15, 0.2) is 5.43 Å². The van der Waals surface area contributed by atoms with Crippen molar-refractivity contribution in [2.45, 2.75) is 40.5 Å². The van der Waals surface area contributed by atoms with E-state index in [1.165, 1.54) is 17.8 Å². The summed E-state index contributed by atoms with van der Waals surface area (Å²) in [5, 5.41) is 23.3. The number of anilines is 3. The maximum Gasteiger partial charge on any atom is 0.489 e. The van der Waals surface area contributed by atoms with Gasteiger partial charge in [0, 0.05) is 213 Å². The third-order valence-electron chi connectivity index (χ3n) is 11.6. The summed E-state index contributed by atoms with van der Waals surface area (Å²) in [6.45, 7) is 10.3. The van der Waals surface area contributed by atoms with E-state index in [0.717, 1.165) is 103 Å². The van der Waals surface area contributed by atoms with Crippen molar-refractivity contribution in [3.8, 4) is 33.4 Å². The number of pyridine rings is 6. The molecule has 0 saturated carbocycles. The Morgan fingerprint density at radius 1 is 0.581 bits per heavy atom. The molecule has 0 aliphatic carbocycles. The fourth-order valence-electron chi connectivity index (χ4n) is 7.94. The zero-order valence-electron chi connectivity index (χ0n) is 46.8. The maximum absolute atomic E-state index is 12.0. The highest BCUT2D eigenvalue weighted by Gasteiger charge is 2.18. The van der Waals surface area contributed by atoms with Gasteiger partial charge in [0.2, 0.25) is 0 Å². The van der Waals surface area contributed by atoms with Crippen LogP contribution in [0.15, 0.2) is 151 Å². The van der Waals surface area contributed by atoms with Crippen LogP contribution >= 0.6 is 115 Å². The Labute approximate surface area is 563 Å². The minimum Gasteiger partial charge on any atom is -0.423 e. The van der Waals surface area contributed by atoms with Gasteiger partial charge in [-0.2, -0.15) is 0 Å². The highest BCUT2D eigenvalue weighted by molar-refractivity contribution is 14.1. The van der Waals surface area contributed by atoms with Gasteiger partial charge in [-0.3, -0.25) is 29.7 Å². The molecule has 0 bridgehead atoms. The number of fused-ring (bicyclic) bond motifs is 2. The predicted octanol–water partition coefficient (Wildman–Crippen LogP) is 14.0. The molecular formula is C58H51B7Cl8IN9O3. The van der Waals surface area contributed by atoms with E-state index in [0.29, 0.717) is 46.2 Å². The second-order valence-electron chi connectivity index (χ2n) is 17.7. The summed E-state index contributed by atoms with van der Waals surface area (Å²) in [6.07, 6.45) is 15.9. The first-order valence-electron chi connectivity index (χ1n) is 25.4. The van der Waals surface area contributed by atoms with E-state index < -0.39 is 7.12 Å². The summed E-state index contributed by atoms with van der Waals surface area (Å²) in [4.78, 5) is 38.9. The molecule has 0 fully saturated rings. The number of aryl methyl sites for hydroxylation is 2. The number of nitrogens with two attached hydrogens (primary N) is 2. The van der Waals surface area contributed by atoms with E-state index >= 15 is 0 Å². The van der Waals surface area contributed by atoms with Gasteiger partial charge in [-0.15, -0.1) is 0 Å². The lowest BCUT2D eigenvalue weighted by Crippen LogP contribution is -2.30. The van der Waals surface area contributed by atoms with Crippen molar-refractivity contribution in [1.29, 1.82) is 0 Å². The van der Waals surface area contributed by atoms with Gasteiger partial charge in [-0.05, 0) is 116 Å². The van der Waals surface area contributed by atoms with Crippen LogP contribution < -0.4 is 27.3 Å². The van der Waals surface area contributed by atoms with E-state index in [1.54, 1.807) is 91.8 Å². The molecule has 0 atom stereocenters. The summed E-state index contributed by atoms with van der Waals surface area (Å²) in [7, 11) is 16.5. The Kier molecular flexibility index (Phi) is 33.5.